The second kappa shape index (κ2) is 3.66. The van der Waals surface area contributed by atoms with E-state index in [2.05, 4.69) is 0 Å². The molecule has 0 spiro atoms. The molecule has 70 valence electrons. The Morgan fingerprint density at radius 3 is 2.62 bits per heavy atom. The van der Waals surface area contributed by atoms with Gasteiger partial charge in [0.1, 0.15) is 5.75 Å². The fraction of sp³-hybridized carbons (Fsp3) is 0.222. The zero-order chi connectivity index (χ0) is 10.0. The van der Waals surface area contributed by atoms with Gasteiger partial charge in [0, 0.05) is 0 Å². The number of carboxylic acid groups (broad SMARTS) is 1. The highest BCUT2D eigenvalue weighted by Crippen LogP contribution is 2.29. The molecule has 0 amide bonds. The van der Waals surface area contributed by atoms with Crippen LogP contribution in [0.3, 0.4) is 0 Å². The number of carboxylic acids is 1. The van der Waals surface area contributed by atoms with E-state index in [0.29, 0.717) is 12.0 Å². The molecule has 1 aromatic carbocycles. The van der Waals surface area contributed by atoms with Crippen LogP contribution in [0.15, 0.2) is 12.1 Å². The number of rotatable bonds is 2. The quantitative estimate of drug-likeness (QED) is 0.770. The maximum absolute atomic E-state index is 10.7. The first-order valence-electron chi connectivity index (χ1n) is 3.81. The minimum atomic E-state index is -1.03. The molecule has 0 heterocycles. The van der Waals surface area contributed by atoms with Crippen LogP contribution in [-0.2, 0) is 6.42 Å². The summed E-state index contributed by atoms with van der Waals surface area (Å²) in [5, 5.41) is 18.1. The Labute approximate surface area is 80.6 Å². The number of aromatic hydroxyl groups is 1. The molecular weight excluding hydrogens is 192 g/mol. The van der Waals surface area contributed by atoms with Crippen molar-refractivity contribution in [3.8, 4) is 5.75 Å². The Hall–Kier alpha value is -1.22. The fourth-order valence-corrected chi connectivity index (χ4v) is 1.45. The second-order valence-electron chi connectivity index (χ2n) is 2.58. The van der Waals surface area contributed by atoms with Gasteiger partial charge in [-0.25, -0.2) is 4.79 Å². The van der Waals surface area contributed by atoms with Crippen molar-refractivity contribution >= 4 is 17.6 Å². The number of hydrogen-bond donors (Lipinski definition) is 2. The zero-order valence-corrected chi connectivity index (χ0v) is 7.80. The highest BCUT2D eigenvalue weighted by molar-refractivity contribution is 6.33. The molecular formula is C9H9ClO3. The van der Waals surface area contributed by atoms with E-state index in [4.69, 9.17) is 16.7 Å². The number of phenolic OH excluding ortho intramolecular Hbond substituents is 1. The van der Waals surface area contributed by atoms with Crippen molar-refractivity contribution in [3.05, 3.63) is 28.3 Å². The maximum Gasteiger partial charge on any atom is 0.336 e. The van der Waals surface area contributed by atoms with Crippen LogP contribution in [0.4, 0.5) is 0 Å². The number of hydrogen-bond acceptors (Lipinski definition) is 2. The summed E-state index contributed by atoms with van der Waals surface area (Å²) in [6, 6.07) is 2.63. The number of phenols is 1. The van der Waals surface area contributed by atoms with Crippen molar-refractivity contribution in [3.63, 3.8) is 0 Å². The van der Waals surface area contributed by atoms with E-state index in [-0.39, 0.29) is 16.3 Å². The van der Waals surface area contributed by atoms with Gasteiger partial charge in [-0.1, -0.05) is 18.5 Å². The lowest BCUT2D eigenvalue weighted by atomic mass is 10.0. The molecule has 1 rings (SSSR count). The molecule has 4 heteroatoms. The summed E-state index contributed by atoms with van der Waals surface area (Å²) in [4.78, 5) is 10.7. The summed E-state index contributed by atoms with van der Waals surface area (Å²) in [6.45, 7) is 1.78. The summed E-state index contributed by atoms with van der Waals surface area (Å²) in [6.07, 6.45) is 0.481. The van der Waals surface area contributed by atoms with Crippen LogP contribution in [0, 0.1) is 0 Å². The molecule has 0 unspecified atom stereocenters. The molecule has 13 heavy (non-hydrogen) atoms. The molecule has 0 saturated heterocycles. The molecule has 3 nitrogen and oxygen atoms in total. The Balaban J connectivity index is 3.38. The average molecular weight is 201 g/mol. The normalized spacial score (nSPS) is 10.0. The molecule has 1 aromatic rings. The summed E-state index contributed by atoms with van der Waals surface area (Å²) >= 11 is 5.73. The van der Waals surface area contributed by atoms with E-state index in [0.717, 1.165) is 0 Å². The Kier molecular flexibility index (Phi) is 2.78. The molecule has 0 aromatic heterocycles. The van der Waals surface area contributed by atoms with E-state index in [1.165, 1.54) is 12.1 Å². The van der Waals surface area contributed by atoms with Crippen molar-refractivity contribution < 1.29 is 15.0 Å². The molecule has 0 saturated carbocycles. The molecule has 0 aliphatic rings. The Morgan fingerprint density at radius 2 is 2.15 bits per heavy atom. The van der Waals surface area contributed by atoms with Gasteiger partial charge in [-0.05, 0) is 24.1 Å². The van der Waals surface area contributed by atoms with Gasteiger partial charge in [-0.3, -0.25) is 0 Å². The van der Waals surface area contributed by atoms with E-state index in [1.54, 1.807) is 6.92 Å². The first-order valence-corrected chi connectivity index (χ1v) is 4.19. The van der Waals surface area contributed by atoms with Crippen LogP contribution in [-0.4, -0.2) is 16.2 Å². The topological polar surface area (TPSA) is 57.5 Å². The third-order valence-corrected chi connectivity index (χ3v) is 2.23. The van der Waals surface area contributed by atoms with Crippen molar-refractivity contribution in [2.24, 2.45) is 0 Å². The fourth-order valence-electron chi connectivity index (χ4n) is 1.15. The minimum absolute atomic E-state index is 0.0801. The van der Waals surface area contributed by atoms with Gasteiger partial charge >= 0.3 is 5.97 Å². The van der Waals surface area contributed by atoms with Crippen molar-refractivity contribution in [2.45, 2.75) is 13.3 Å². The number of carbonyl (C=O) groups is 1. The predicted molar refractivity (Wildman–Crippen MR) is 49.5 cm³/mol. The molecule has 0 fully saturated rings. The monoisotopic (exact) mass is 200 g/mol. The third kappa shape index (κ3) is 1.75. The second-order valence-corrected chi connectivity index (χ2v) is 2.96. The summed E-state index contributed by atoms with van der Waals surface area (Å²) in [7, 11) is 0. The lowest BCUT2D eigenvalue weighted by Gasteiger charge is -2.06. The molecule has 0 bridgehead atoms. The third-order valence-electron chi connectivity index (χ3n) is 1.81. The van der Waals surface area contributed by atoms with Crippen LogP contribution in [0.25, 0.3) is 0 Å². The average Bonchev–Trinajstić information content (AvgIpc) is 2.09. The lowest BCUT2D eigenvalue weighted by molar-refractivity contribution is 0.0695. The van der Waals surface area contributed by atoms with Crippen LogP contribution in [0.5, 0.6) is 5.75 Å². The van der Waals surface area contributed by atoms with Gasteiger partial charge < -0.3 is 10.2 Å². The van der Waals surface area contributed by atoms with Crippen LogP contribution in [0.1, 0.15) is 22.8 Å². The van der Waals surface area contributed by atoms with Gasteiger partial charge in [-0.15, -0.1) is 0 Å². The largest absolute Gasteiger partial charge is 0.506 e. The van der Waals surface area contributed by atoms with Crippen molar-refractivity contribution in [2.75, 3.05) is 0 Å². The minimum Gasteiger partial charge on any atom is -0.506 e. The number of halogens is 1. The molecule has 2 N–H and O–H groups in total. The number of aromatic carboxylic acids is 1. The first kappa shape index (κ1) is 9.86. The highest BCUT2D eigenvalue weighted by Gasteiger charge is 2.14. The molecule has 0 atom stereocenters. The summed E-state index contributed by atoms with van der Waals surface area (Å²) in [5.41, 5.74) is 0.611. The number of benzene rings is 1. The van der Waals surface area contributed by atoms with Crippen molar-refractivity contribution in [1.82, 2.24) is 0 Å². The Morgan fingerprint density at radius 1 is 1.54 bits per heavy atom. The van der Waals surface area contributed by atoms with Crippen molar-refractivity contribution in [1.29, 1.82) is 0 Å². The van der Waals surface area contributed by atoms with Gasteiger partial charge in [0.2, 0.25) is 0 Å². The summed E-state index contributed by atoms with van der Waals surface area (Å²) in [5.74, 6) is -1.11. The van der Waals surface area contributed by atoms with E-state index in [9.17, 15) is 9.90 Å². The SMILES string of the molecule is CCc1c(C(=O)O)ccc(O)c1Cl. The van der Waals surface area contributed by atoms with Gasteiger partial charge in [0.05, 0.1) is 10.6 Å². The lowest BCUT2D eigenvalue weighted by Crippen LogP contribution is -2.02. The van der Waals surface area contributed by atoms with Gasteiger partial charge in [0.15, 0.2) is 0 Å². The van der Waals surface area contributed by atoms with E-state index < -0.39 is 5.97 Å². The summed E-state index contributed by atoms with van der Waals surface area (Å²) < 4.78 is 0. The standard InChI is InChI=1S/C9H9ClO3/c1-2-5-6(9(12)13)3-4-7(11)8(5)10/h3-4,11H,2H2,1H3,(H,12,13). The van der Waals surface area contributed by atoms with E-state index >= 15 is 0 Å². The highest BCUT2D eigenvalue weighted by atomic mass is 35.5. The first-order chi connectivity index (χ1) is 6.07. The predicted octanol–water partition coefficient (Wildman–Crippen LogP) is 2.31. The van der Waals surface area contributed by atoms with Crippen LogP contribution in [0.2, 0.25) is 5.02 Å². The van der Waals surface area contributed by atoms with Gasteiger partial charge in [0.25, 0.3) is 0 Å². The molecule has 0 aliphatic carbocycles. The maximum atomic E-state index is 10.7. The van der Waals surface area contributed by atoms with Crippen LogP contribution < -0.4 is 0 Å². The molecule has 0 radical (unpaired) electrons. The van der Waals surface area contributed by atoms with E-state index in [1.807, 2.05) is 0 Å². The molecule has 0 aliphatic heterocycles. The smallest absolute Gasteiger partial charge is 0.336 e. The Bertz CT molecular complexity index is 347. The van der Waals surface area contributed by atoms with Gasteiger partial charge in [-0.2, -0.15) is 0 Å². The zero-order valence-electron chi connectivity index (χ0n) is 7.04. The van der Waals surface area contributed by atoms with Crippen LogP contribution >= 0.6 is 11.6 Å².